The van der Waals surface area contributed by atoms with Crippen molar-refractivity contribution in [1.29, 1.82) is 0 Å². The molecule has 0 aliphatic carbocycles. The van der Waals surface area contributed by atoms with Crippen molar-refractivity contribution in [2.45, 2.75) is 6.42 Å². The number of nitrogens with zero attached hydrogens (tertiary/aromatic N) is 2. The zero-order valence-electron chi connectivity index (χ0n) is 10.6. The molecule has 1 amide bonds. The molecule has 0 aliphatic heterocycles. The number of anilines is 1. The number of carbonyl (C=O) groups excluding carboxylic acids is 1. The normalized spacial score (nSPS) is 10.0. The largest absolute Gasteiger partial charge is 0.497 e. The number of nitrogens with one attached hydrogen (secondary N) is 2. The van der Waals surface area contributed by atoms with Gasteiger partial charge >= 0.3 is 0 Å². The van der Waals surface area contributed by atoms with E-state index in [1.807, 2.05) is 0 Å². The molecule has 1 aromatic carbocycles. The highest BCUT2D eigenvalue weighted by molar-refractivity contribution is 5.91. The van der Waals surface area contributed by atoms with Crippen molar-refractivity contribution in [3.8, 4) is 11.5 Å². The van der Waals surface area contributed by atoms with Gasteiger partial charge in [-0.2, -0.15) is 10.1 Å². The molecule has 0 saturated carbocycles. The maximum Gasteiger partial charge on any atom is 0.231 e. The molecular formula is C12H14N4O3. The number of rotatable bonds is 5. The Balaban J connectivity index is 2.07. The number of ether oxygens (including phenoxy) is 2. The second-order valence-corrected chi connectivity index (χ2v) is 3.74. The number of amides is 1. The fraction of sp³-hybridized carbons (Fsp3) is 0.250. The first-order chi connectivity index (χ1) is 9.22. The summed E-state index contributed by atoms with van der Waals surface area (Å²) < 4.78 is 10.3. The Hall–Kier alpha value is -2.57. The van der Waals surface area contributed by atoms with Gasteiger partial charge in [-0.05, 0) is 6.07 Å². The van der Waals surface area contributed by atoms with E-state index >= 15 is 0 Å². The van der Waals surface area contributed by atoms with Crippen molar-refractivity contribution in [3.05, 3.63) is 30.1 Å². The number of hydrogen-bond acceptors (Lipinski definition) is 5. The van der Waals surface area contributed by atoms with Gasteiger partial charge in [0.1, 0.15) is 17.8 Å². The quantitative estimate of drug-likeness (QED) is 0.839. The third-order valence-electron chi connectivity index (χ3n) is 2.52. The van der Waals surface area contributed by atoms with Crippen molar-refractivity contribution in [1.82, 2.24) is 15.2 Å². The number of carbonyl (C=O) groups is 1. The van der Waals surface area contributed by atoms with Crippen LogP contribution in [0.2, 0.25) is 0 Å². The highest BCUT2D eigenvalue weighted by Gasteiger charge is 2.11. The standard InChI is InChI=1S/C12H14N4O3/c1-18-9-4-3-8(10(6-9)19-2)5-11(17)15-12-13-7-14-16-12/h3-4,6-7H,5H2,1-2H3,(H2,13,14,15,16,17). The summed E-state index contributed by atoms with van der Waals surface area (Å²) in [5, 5.41) is 8.80. The Morgan fingerprint density at radius 1 is 1.37 bits per heavy atom. The summed E-state index contributed by atoms with van der Waals surface area (Å²) in [4.78, 5) is 15.6. The summed E-state index contributed by atoms with van der Waals surface area (Å²) in [7, 11) is 3.12. The van der Waals surface area contributed by atoms with Crippen LogP contribution in [-0.4, -0.2) is 35.3 Å². The first kappa shape index (κ1) is 12.9. The lowest BCUT2D eigenvalue weighted by Gasteiger charge is -2.09. The molecule has 0 spiro atoms. The first-order valence-corrected chi connectivity index (χ1v) is 5.59. The van der Waals surface area contributed by atoms with Crippen molar-refractivity contribution in [3.63, 3.8) is 0 Å². The number of benzene rings is 1. The van der Waals surface area contributed by atoms with Gasteiger partial charge in [-0.25, -0.2) is 5.10 Å². The van der Waals surface area contributed by atoms with Gasteiger partial charge in [-0.3, -0.25) is 10.1 Å². The fourth-order valence-electron chi connectivity index (χ4n) is 1.61. The van der Waals surface area contributed by atoms with Gasteiger partial charge in [0.2, 0.25) is 11.9 Å². The summed E-state index contributed by atoms with van der Waals surface area (Å²) >= 11 is 0. The molecular weight excluding hydrogens is 248 g/mol. The summed E-state index contributed by atoms with van der Waals surface area (Å²) in [5.41, 5.74) is 0.764. The molecule has 0 unspecified atom stereocenters. The number of H-pyrrole nitrogens is 1. The minimum Gasteiger partial charge on any atom is -0.497 e. The predicted octanol–water partition coefficient (Wildman–Crippen LogP) is 1.00. The number of aromatic nitrogens is 3. The van der Waals surface area contributed by atoms with E-state index < -0.39 is 0 Å². The summed E-state index contributed by atoms with van der Waals surface area (Å²) in [5.74, 6) is 1.39. The van der Waals surface area contributed by atoms with Crippen LogP contribution in [0.1, 0.15) is 5.56 Å². The smallest absolute Gasteiger partial charge is 0.231 e. The zero-order chi connectivity index (χ0) is 13.7. The molecule has 19 heavy (non-hydrogen) atoms. The molecule has 7 nitrogen and oxygen atoms in total. The summed E-state index contributed by atoms with van der Waals surface area (Å²) in [6.45, 7) is 0. The maximum absolute atomic E-state index is 11.8. The van der Waals surface area contributed by atoms with Gasteiger partial charge < -0.3 is 9.47 Å². The molecule has 1 aromatic heterocycles. The van der Waals surface area contributed by atoms with Gasteiger partial charge in [-0.15, -0.1) is 0 Å². The third kappa shape index (κ3) is 3.21. The molecule has 0 bridgehead atoms. The molecule has 0 fully saturated rings. The lowest BCUT2D eigenvalue weighted by Crippen LogP contribution is -2.15. The van der Waals surface area contributed by atoms with Crippen LogP contribution in [0.3, 0.4) is 0 Å². The number of methoxy groups -OCH3 is 2. The van der Waals surface area contributed by atoms with Crippen LogP contribution in [0.5, 0.6) is 11.5 Å². The monoisotopic (exact) mass is 262 g/mol. The highest BCUT2D eigenvalue weighted by Crippen LogP contribution is 2.25. The van der Waals surface area contributed by atoms with Crippen molar-refractivity contribution >= 4 is 11.9 Å². The van der Waals surface area contributed by atoms with E-state index in [-0.39, 0.29) is 12.3 Å². The molecule has 0 atom stereocenters. The van der Waals surface area contributed by atoms with Crippen LogP contribution >= 0.6 is 0 Å². The number of hydrogen-bond donors (Lipinski definition) is 2. The molecule has 0 radical (unpaired) electrons. The average Bonchev–Trinajstić information content (AvgIpc) is 2.91. The maximum atomic E-state index is 11.8. The van der Waals surface area contributed by atoms with Crippen LogP contribution in [0.4, 0.5) is 5.95 Å². The average molecular weight is 262 g/mol. The molecule has 7 heteroatoms. The summed E-state index contributed by atoms with van der Waals surface area (Å²) in [6.07, 6.45) is 1.50. The van der Waals surface area contributed by atoms with Gasteiger partial charge in [0.15, 0.2) is 0 Å². The Labute approximate surface area is 110 Å². The van der Waals surface area contributed by atoms with E-state index in [0.29, 0.717) is 17.4 Å². The fourth-order valence-corrected chi connectivity index (χ4v) is 1.61. The Bertz CT molecular complexity index is 554. The Morgan fingerprint density at radius 2 is 2.21 bits per heavy atom. The predicted molar refractivity (Wildman–Crippen MR) is 68.3 cm³/mol. The SMILES string of the molecule is COc1ccc(CC(=O)Nc2ncn[nH]2)c(OC)c1. The van der Waals surface area contributed by atoms with Crippen LogP contribution in [0.15, 0.2) is 24.5 Å². The lowest BCUT2D eigenvalue weighted by molar-refractivity contribution is -0.115. The topological polar surface area (TPSA) is 89.1 Å². The first-order valence-electron chi connectivity index (χ1n) is 5.59. The van der Waals surface area contributed by atoms with E-state index in [1.54, 1.807) is 32.4 Å². The van der Waals surface area contributed by atoms with Gasteiger partial charge in [-0.1, -0.05) is 6.07 Å². The van der Waals surface area contributed by atoms with Gasteiger partial charge in [0.25, 0.3) is 0 Å². The van der Waals surface area contributed by atoms with Crippen LogP contribution in [-0.2, 0) is 11.2 Å². The second-order valence-electron chi connectivity index (χ2n) is 3.74. The van der Waals surface area contributed by atoms with Crippen molar-refractivity contribution in [2.75, 3.05) is 19.5 Å². The van der Waals surface area contributed by atoms with E-state index in [0.717, 1.165) is 5.56 Å². The molecule has 1 heterocycles. The lowest BCUT2D eigenvalue weighted by atomic mass is 10.1. The molecule has 2 rings (SSSR count). The van der Waals surface area contributed by atoms with Crippen LogP contribution < -0.4 is 14.8 Å². The zero-order valence-corrected chi connectivity index (χ0v) is 10.6. The molecule has 100 valence electrons. The van der Waals surface area contributed by atoms with E-state index in [4.69, 9.17) is 9.47 Å². The Kier molecular flexibility index (Phi) is 3.97. The van der Waals surface area contributed by atoms with Crippen molar-refractivity contribution in [2.24, 2.45) is 0 Å². The van der Waals surface area contributed by atoms with E-state index in [1.165, 1.54) is 6.33 Å². The molecule has 0 aliphatic rings. The minimum atomic E-state index is -0.208. The highest BCUT2D eigenvalue weighted by atomic mass is 16.5. The van der Waals surface area contributed by atoms with E-state index in [9.17, 15) is 4.79 Å². The van der Waals surface area contributed by atoms with E-state index in [2.05, 4.69) is 20.5 Å². The molecule has 0 saturated heterocycles. The van der Waals surface area contributed by atoms with Crippen molar-refractivity contribution < 1.29 is 14.3 Å². The molecule has 2 aromatic rings. The van der Waals surface area contributed by atoms with Gasteiger partial charge in [0, 0.05) is 11.6 Å². The minimum absolute atomic E-state index is 0.174. The second kappa shape index (κ2) is 5.85. The van der Waals surface area contributed by atoms with Crippen LogP contribution in [0.25, 0.3) is 0 Å². The Morgan fingerprint density at radius 3 is 2.84 bits per heavy atom. The molecule has 2 N–H and O–H groups in total. The summed E-state index contributed by atoms with van der Waals surface area (Å²) in [6, 6.07) is 5.30. The number of aromatic amines is 1. The van der Waals surface area contributed by atoms with Gasteiger partial charge in [0.05, 0.1) is 20.6 Å². The van der Waals surface area contributed by atoms with Crippen LogP contribution in [0, 0.1) is 0 Å². The third-order valence-corrected chi connectivity index (χ3v) is 2.52.